The smallest absolute Gasteiger partial charge is 0.233 e. The number of carbonyl (C=O) groups excluding carboxylic acids is 2. The topological polar surface area (TPSA) is 61.4 Å². The first-order valence-corrected chi connectivity index (χ1v) is 8.05. The lowest BCUT2D eigenvalue weighted by molar-refractivity contribution is -0.126. The van der Waals surface area contributed by atoms with E-state index >= 15 is 0 Å². The third-order valence-corrected chi connectivity index (χ3v) is 4.29. The van der Waals surface area contributed by atoms with Gasteiger partial charge in [-0.1, -0.05) is 11.6 Å². The van der Waals surface area contributed by atoms with E-state index in [9.17, 15) is 14.0 Å². The molecular weight excluding hydrogens is 321 g/mol. The number of hydrogen-bond acceptors (Lipinski definition) is 3. The van der Waals surface area contributed by atoms with E-state index in [0.29, 0.717) is 18.3 Å². The van der Waals surface area contributed by atoms with E-state index in [-0.39, 0.29) is 17.4 Å². The van der Waals surface area contributed by atoms with Gasteiger partial charge in [0.15, 0.2) is 0 Å². The van der Waals surface area contributed by atoms with Crippen LogP contribution in [-0.4, -0.2) is 42.9 Å². The summed E-state index contributed by atoms with van der Waals surface area (Å²) >= 11 is 5.64. The molecule has 2 rings (SSSR count). The van der Waals surface area contributed by atoms with E-state index in [1.165, 1.54) is 18.6 Å². The van der Waals surface area contributed by atoms with Gasteiger partial charge in [0.2, 0.25) is 11.8 Å². The van der Waals surface area contributed by atoms with Crippen molar-refractivity contribution in [2.75, 3.05) is 25.5 Å². The fraction of sp³-hybridized carbons (Fsp3) is 0.500. The summed E-state index contributed by atoms with van der Waals surface area (Å²) in [5.74, 6) is -1.33. The van der Waals surface area contributed by atoms with Crippen LogP contribution in [0.25, 0.3) is 0 Å². The van der Waals surface area contributed by atoms with Crippen LogP contribution >= 0.6 is 11.6 Å². The van der Waals surface area contributed by atoms with Crippen molar-refractivity contribution in [3.05, 3.63) is 29.0 Å². The Balaban J connectivity index is 1.69. The normalized spacial score (nSPS) is 18.0. The lowest BCUT2D eigenvalue weighted by atomic mass is 10.1. The van der Waals surface area contributed by atoms with Crippen LogP contribution in [0.3, 0.4) is 0 Å². The molecular formula is C16H21ClFN3O2. The van der Waals surface area contributed by atoms with Gasteiger partial charge in [-0.05, 0) is 51.1 Å². The summed E-state index contributed by atoms with van der Waals surface area (Å²) in [5.41, 5.74) is 0.363. The largest absolute Gasteiger partial charge is 0.356 e. The second kappa shape index (κ2) is 8.26. The number of amides is 2. The molecule has 0 radical (unpaired) electrons. The predicted octanol–water partition coefficient (Wildman–Crippen LogP) is 2.41. The van der Waals surface area contributed by atoms with Crippen molar-refractivity contribution < 1.29 is 14.0 Å². The number of rotatable bonds is 6. The molecule has 2 N–H and O–H groups in total. The van der Waals surface area contributed by atoms with Crippen LogP contribution in [-0.2, 0) is 9.59 Å². The predicted molar refractivity (Wildman–Crippen MR) is 87.9 cm³/mol. The van der Waals surface area contributed by atoms with Gasteiger partial charge < -0.3 is 15.5 Å². The summed E-state index contributed by atoms with van der Waals surface area (Å²) in [5, 5.41) is 5.20. The molecule has 0 spiro atoms. The third-order valence-electron chi connectivity index (χ3n) is 4.00. The summed E-state index contributed by atoms with van der Waals surface area (Å²) < 4.78 is 13.0. The molecule has 1 fully saturated rings. The first-order chi connectivity index (χ1) is 11.0. The molecule has 1 unspecified atom stereocenters. The van der Waals surface area contributed by atoms with E-state index < -0.39 is 11.7 Å². The lowest BCUT2D eigenvalue weighted by Gasteiger charge is -2.19. The van der Waals surface area contributed by atoms with Crippen molar-refractivity contribution in [2.45, 2.75) is 31.7 Å². The standard InChI is InChI=1S/C16H21ClFN3O2/c1-21-8-2-3-12(21)6-7-19-15(22)10-16(23)20-11-4-5-14(18)13(17)9-11/h4-5,9,12H,2-3,6-8,10H2,1H3,(H,19,22)(H,20,23). The van der Waals surface area contributed by atoms with Crippen molar-refractivity contribution in [1.82, 2.24) is 10.2 Å². The molecule has 1 aromatic carbocycles. The average molecular weight is 342 g/mol. The lowest BCUT2D eigenvalue weighted by Crippen LogP contribution is -2.33. The molecule has 1 atom stereocenters. The maximum Gasteiger partial charge on any atom is 0.233 e. The van der Waals surface area contributed by atoms with E-state index in [1.807, 2.05) is 0 Å². The summed E-state index contributed by atoms with van der Waals surface area (Å²) in [4.78, 5) is 25.8. The Morgan fingerprint density at radius 3 is 2.83 bits per heavy atom. The Hall–Kier alpha value is -1.66. The van der Waals surface area contributed by atoms with Crippen LogP contribution in [0.5, 0.6) is 0 Å². The summed E-state index contributed by atoms with van der Waals surface area (Å²) in [6, 6.07) is 4.37. The fourth-order valence-electron chi connectivity index (χ4n) is 2.71. The second-order valence-electron chi connectivity index (χ2n) is 5.77. The fourth-order valence-corrected chi connectivity index (χ4v) is 2.89. The molecule has 0 aromatic heterocycles. The Morgan fingerprint density at radius 2 is 2.17 bits per heavy atom. The molecule has 0 bridgehead atoms. The van der Waals surface area contributed by atoms with Crippen molar-refractivity contribution in [2.24, 2.45) is 0 Å². The van der Waals surface area contributed by atoms with E-state index in [2.05, 4.69) is 22.6 Å². The molecule has 1 aliphatic heterocycles. The molecule has 0 aliphatic carbocycles. The van der Waals surface area contributed by atoms with Crippen LogP contribution in [0.2, 0.25) is 5.02 Å². The number of carbonyl (C=O) groups is 2. The highest BCUT2D eigenvalue weighted by Crippen LogP contribution is 2.19. The number of benzene rings is 1. The van der Waals surface area contributed by atoms with Gasteiger partial charge >= 0.3 is 0 Å². The van der Waals surface area contributed by atoms with Crippen LogP contribution in [0, 0.1) is 5.82 Å². The van der Waals surface area contributed by atoms with Gasteiger partial charge in [0, 0.05) is 18.3 Å². The molecule has 1 aromatic rings. The quantitative estimate of drug-likeness (QED) is 0.781. The highest BCUT2D eigenvalue weighted by atomic mass is 35.5. The van der Waals surface area contributed by atoms with Crippen LogP contribution in [0.1, 0.15) is 25.7 Å². The first-order valence-electron chi connectivity index (χ1n) is 7.67. The summed E-state index contributed by atoms with van der Waals surface area (Å²) in [6.07, 6.45) is 2.96. The zero-order valence-corrected chi connectivity index (χ0v) is 13.8. The SMILES string of the molecule is CN1CCCC1CCNC(=O)CC(=O)Nc1ccc(F)c(Cl)c1. The molecule has 7 heteroatoms. The van der Waals surface area contributed by atoms with Gasteiger partial charge in [-0.25, -0.2) is 4.39 Å². The van der Waals surface area contributed by atoms with Crippen molar-refractivity contribution >= 4 is 29.1 Å². The zero-order valence-electron chi connectivity index (χ0n) is 13.1. The number of nitrogens with zero attached hydrogens (tertiary/aromatic N) is 1. The van der Waals surface area contributed by atoms with Crippen LogP contribution in [0.15, 0.2) is 18.2 Å². The van der Waals surface area contributed by atoms with Crippen molar-refractivity contribution in [3.63, 3.8) is 0 Å². The molecule has 2 amide bonds. The average Bonchev–Trinajstić information content (AvgIpc) is 2.88. The van der Waals surface area contributed by atoms with Crippen molar-refractivity contribution in [3.8, 4) is 0 Å². The number of hydrogen-bond donors (Lipinski definition) is 2. The van der Waals surface area contributed by atoms with Crippen molar-refractivity contribution in [1.29, 1.82) is 0 Å². The van der Waals surface area contributed by atoms with Gasteiger partial charge in [0.25, 0.3) is 0 Å². The summed E-state index contributed by atoms with van der Waals surface area (Å²) in [7, 11) is 2.08. The highest BCUT2D eigenvalue weighted by molar-refractivity contribution is 6.31. The first kappa shape index (κ1) is 17.7. The Kier molecular flexibility index (Phi) is 6.36. The van der Waals surface area contributed by atoms with Gasteiger partial charge in [0.05, 0.1) is 5.02 Å². The van der Waals surface area contributed by atoms with Gasteiger partial charge in [0.1, 0.15) is 12.2 Å². The Bertz CT molecular complexity index is 582. The number of likely N-dealkylation sites (tertiary alicyclic amines) is 1. The van der Waals surface area contributed by atoms with Gasteiger partial charge in [-0.2, -0.15) is 0 Å². The maximum absolute atomic E-state index is 13.0. The molecule has 1 heterocycles. The number of halogens is 2. The Labute approximate surface area is 140 Å². The van der Waals surface area contributed by atoms with E-state index in [1.54, 1.807) is 0 Å². The minimum atomic E-state index is -0.556. The molecule has 1 saturated heterocycles. The summed E-state index contributed by atoms with van der Waals surface area (Å²) in [6.45, 7) is 1.66. The van der Waals surface area contributed by atoms with Crippen LogP contribution < -0.4 is 10.6 Å². The van der Waals surface area contributed by atoms with E-state index in [4.69, 9.17) is 11.6 Å². The minimum Gasteiger partial charge on any atom is -0.356 e. The van der Waals surface area contributed by atoms with Gasteiger partial charge in [-0.15, -0.1) is 0 Å². The number of nitrogens with one attached hydrogen (secondary N) is 2. The highest BCUT2D eigenvalue weighted by Gasteiger charge is 2.20. The van der Waals surface area contributed by atoms with E-state index in [0.717, 1.165) is 25.5 Å². The van der Waals surface area contributed by atoms with Crippen LogP contribution in [0.4, 0.5) is 10.1 Å². The second-order valence-corrected chi connectivity index (χ2v) is 6.18. The van der Waals surface area contributed by atoms with Gasteiger partial charge in [-0.3, -0.25) is 9.59 Å². The minimum absolute atomic E-state index is 0.0760. The third kappa shape index (κ3) is 5.48. The Morgan fingerprint density at radius 1 is 1.39 bits per heavy atom. The zero-order chi connectivity index (χ0) is 16.8. The molecule has 0 saturated carbocycles. The molecule has 23 heavy (non-hydrogen) atoms. The molecule has 1 aliphatic rings. The number of anilines is 1. The maximum atomic E-state index is 13.0. The molecule has 126 valence electrons. The molecule has 5 nitrogen and oxygen atoms in total. The monoisotopic (exact) mass is 341 g/mol.